The monoisotopic (exact) mass is 356 g/mol. The number of hydrazone groups is 1. The minimum Gasteiger partial charge on any atom is -0.507 e. The number of carbonyl (C=O) groups is 1. The molecule has 3 rings (SSSR count). The van der Waals surface area contributed by atoms with Gasteiger partial charge in [-0.25, -0.2) is 0 Å². The number of phenolic OH excluding ortho intramolecular Hbond substituents is 2. The second kappa shape index (κ2) is 6.86. The molecule has 0 saturated carbocycles. The smallest absolute Gasteiger partial charge is 0.286 e. The van der Waals surface area contributed by atoms with E-state index in [2.05, 4.69) is 5.10 Å². The maximum atomic E-state index is 12.4. The third-order valence-electron chi connectivity index (χ3n) is 3.25. The first kappa shape index (κ1) is 16.2. The van der Waals surface area contributed by atoms with Gasteiger partial charge in [0.15, 0.2) is 4.32 Å². The first-order valence-electron chi connectivity index (χ1n) is 6.94. The molecular formula is C17H12N2O3S2. The standard InChI is InChI=1S/C17H12N2O3S2/c20-13-7-3-1-5-11(13)9-15-16(22)19(17(23)24-15)18-10-12-6-2-4-8-14(12)21/h1-10,20-21H/b15-9-,18-10-. The van der Waals surface area contributed by atoms with Crippen molar-refractivity contribution in [2.75, 3.05) is 0 Å². The molecule has 1 amide bonds. The summed E-state index contributed by atoms with van der Waals surface area (Å²) in [5, 5.41) is 24.7. The summed E-state index contributed by atoms with van der Waals surface area (Å²) < 4.78 is 0.286. The highest BCUT2D eigenvalue weighted by Gasteiger charge is 2.32. The number of para-hydroxylation sites is 2. The van der Waals surface area contributed by atoms with Crippen LogP contribution in [0.25, 0.3) is 6.08 Å². The molecule has 0 atom stereocenters. The van der Waals surface area contributed by atoms with Gasteiger partial charge in [-0.15, -0.1) is 0 Å². The van der Waals surface area contributed by atoms with Crippen LogP contribution in [-0.2, 0) is 4.79 Å². The molecule has 0 aliphatic carbocycles. The highest BCUT2D eigenvalue weighted by atomic mass is 32.2. The van der Waals surface area contributed by atoms with Crippen molar-refractivity contribution in [2.24, 2.45) is 5.10 Å². The zero-order chi connectivity index (χ0) is 17.1. The fourth-order valence-corrected chi connectivity index (χ4v) is 3.19. The van der Waals surface area contributed by atoms with Gasteiger partial charge in [-0.1, -0.05) is 42.1 Å². The van der Waals surface area contributed by atoms with Gasteiger partial charge in [0, 0.05) is 11.1 Å². The highest BCUT2D eigenvalue weighted by Crippen LogP contribution is 2.34. The van der Waals surface area contributed by atoms with Crippen LogP contribution in [0.5, 0.6) is 11.5 Å². The van der Waals surface area contributed by atoms with Crippen molar-refractivity contribution in [3.63, 3.8) is 0 Å². The minimum atomic E-state index is -0.375. The second-order valence-corrected chi connectivity index (χ2v) is 6.53. The van der Waals surface area contributed by atoms with E-state index >= 15 is 0 Å². The number of aromatic hydroxyl groups is 2. The van der Waals surface area contributed by atoms with Crippen LogP contribution in [0.3, 0.4) is 0 Å². The lowest BCUT2D eigenvalue weighted by atomic mass is 10.2. The SMILES string of the molecule is O=C1/C(=C/c2ccccc2O)SC(=S)N1/N=C\c1ccccc1O. The maximum Gasteiger partial charge on any atom is 0.286 e. The van der Waals surface area contributed by atoms with Crippen LogP contribution in [0.1, 0.15) is 11.1 Å². The third-order valence-corrected chi connectivity index (χ3v) is 4.53. The highest BCUT2D eigenvalue weighted by molar-refractivity contribution is 8.26. The van der Waals surface area contributed by atoms with Gasteiger partial charge in [-0.05, 0) is 36.5 Å². The van der Waals surface area contributed by atoms with E-state index in [1.165, 1.54) is 12.3 Å². The normalized spacial score (nSPS) is 16.5. The van der Waals surface area contributed by atoms with E-state index in [1.807, 2.05) is 0 Å². The van der Waals surface area contributed by atoms with Gasteiger partial charge >= 0.3 is 0 Å². The van der Waals surface area contributed by atoms with Crippen molar-refractivity contribution < 1.29 is 15.0 Å². The average molecular weight is 356 g/mol. The number of hydrogen-bond acceptors (Lipinski definition) is 6. The molecule has 0 radical (unpaired) electrons. The zero-order valence-electron chi connectivity index (χ0n) is 12.3. The third kappa shape index (κ3) is 3.32. The van der Waals surface area contributed by atoms with E-state index in [1.54, 1.807) is 48.5 Å². The first-order chi connectivity index (χ1) is 11.6. The molecule has 120 valence electrons. The minimum absolute atomic E-state index is 0.0661. The fourth-order valence-electron chi connectivity index (χ4n) is 2.03. The van der Waals surface area contributed by atoms with Crippen LogP contribution >= 0.6 is 24.0 Å². The number of phenols is 2. The number of amides is 1. The summed E-state index contributed by atoms with van der Waals surface area (Å²) >= 11 is 6.29. The quantitative estimate of drug-likeness (QED) is 0.501. The Balaban J connectivity index is 1.85. The number of benzene rings is 2. The fraction of sp³-hybridized carbons (Fsp3) is 0. The largest absolute Gasteiger partial charge is 0.507 e. The molecule has 2 aromatic carbocycles. The van der Waals surface area contributed by atoms with Crippen LogP contribution in [0, 0.1) is 0 Å². The Kier molecular flexibility index (Phi) is 4.64. The number of carbonyl (C=O) groups excluding carboxylic acids is 1. The molecule has 0 unspecified atom stereocenters. The molecule has 0 bridgehead atoms. The van der Waals surface area contributed by atoms with Crippen LogP contribution in [0.4, 0.5) is 0 Å². The number of thioether (sulfide) groups is 1. The Bertz CT molecular complexity index is 878. The van der Waals surface area contributed by atoms with E-state index in [4.69, 9.17) is 12.2 Å². The molecule has 1 heterocycles. The average Bonchev–Trinajstić information content (AvgIpc) is 2.83. The van der Waals surface area contributed by atoms with Gasteiger partial charge in [0.05, 0.1) is 11.1 Å². The van der Waals surface area contributed by atoms with Gasteiger partial charge in [-0.3, -0.25) is 4.79 Å². The summed E-state index contributed by atoms with van der Waals surface area (Å²) in [6.45, 7) is 0. The predicted molar refractivity (Wildman–Crippen MR) is 98.8 cm³/mol. The molecule has 1 saturated heterocycles. The lowest BCUT2D eigenvalue weighted by Crippen LogP contribution is -2.22. The summed E-state index contributed by atoms with van der Waals surface area (Å²) in [5.41, 5.74) is 1.01. The molecular weight excluding hydrogens is 344 g/mol. The number of thiocarbonyl (C=S) groups is 1. The molecule has 1 fully saturated rings. The zero-order valence-corrected chi connectivity index (χ0v) is 13.9. The molecule has 24 heavy (non-hydrogen) atoms. The first-order valence-corrected chi connectivity index (χ1v) is 8.16. The molecule has 7 heteroatoms. The molecule has 2 N–H and O–H groups in total. The van der Waals surface area contributed by atoms with E-state index < -0.39 is 0 Å². The van der Waals surface area contributed by atoms with E-state index in [9.17, 15) is 15.0 Å². The van der Waals surface area contributed by atoms with E-state index in [0.29, 0.717) is 16.0 Å². The van der Waals surface area contributed by atoms with Gasteiger partial charge in [-0.2, -0.15) is 10.1 Å². The van der Waals surface area contributed by atoms with Crippen molar-refractivity contribution in [3.05, 3.63) is 64.6 Å². The summed E-state index contributed by atoms with van der Waals surface area (Å²) in [6.07, 6.45) is 2.95. The van der Waals surface area contributed by atoms with Gasteiger partial charge < -0.3 is 10.2 Å². The number of hydrogen-bond donors (Lipinski definition) is 2. The van der Waals surface area contributed by atoms with Crippen molar-refractivity contribution in [3.8, 4) is 11.5 Å². The predicted octanol–water partition coefficient (Wildman–Crippen LogP) is 3.33. The molecule has 0 aromatic heterocycles. The topological polar surface area (TPSA) is 73.1 Å². The number of nitrogens with zero attached hydrogens (tertiary/aromatic N) is 2. The number of rotatable bonds is 3. The summed E-state index contributed by atoms with van der Waals surface area (Å²) in [6, 6.07) is 13.4. The van der Waals surface area contributed by atoms with Crippen molar-refractivity contribution >= 4 is 46.5 Å². The van der Waals surface area contributed by atoms with Crippen molar-refractivity contribution in [1.82, 2.24) is 5.01 Å². The second-order valence-electron chi connectivity index (χ2n) is 4.86. The van der Waals surface area contributed by atoms with Crippen molar-refractivity contribution in [2.45, 2.75) is 0 Å². The lowest BCUT2D eigenvalue weighted by Gasteiger charge is -2.06. The van der Waals surface area contributed by atoms with Gasteiger partial charge in [0.2, 0.25) is 0 Å². The summed E-state index contributed by atoms with van der Waals surface area (Å²) in [7, 11) is 0. The summed E-state index contributed by atoms with van der Waals surface area (Å²) in [4.78, 5) is 12.8. The lowest BCUT2D eigenvalue weighted by molar-refractivity contribution is -0.122. The Morgan fingerprint density at radius 2 is 1.58 bits per heavy atom. The van der Waals surface area contributed by atoms with Gasteiger partial charge in [0.1, 0.15) is 11.5 Å². The molecule has 5 nitrogen and oxygen atoms in total. The molecule has 1 aliphatic heterocycles. The Morgan fingerprint density at radius 3 is 2.21 bits per heavy atom. The Labute approximate surface area is 147 Å². The molecule has 0 spiro atoms. The van der Waals surface area contributed by atoms with Crippen molar-refractivity contribution in [1.29, 1.82) is 0 Å². The van der Waals surface area contributed by atoms with Gasteiger partial charge in [0.25, 0.3) is 5.91 Å². The summed E-state index contributed by atoms with van der Waals surface area (Å²) in [5.74, 6) is -0.225. The maximum absolute atomic E-state index is 12.4. The van der Waals surface area contributed by atoms with Crippen LogP contribution in [-0.4, -0.2) is 31.7 Å². The van der Waals surface area contributed by atoms with Crippen LogP contribution in [0.2, 0.25) is 0 Å². The van der Waals surface area contributed by atoms with Crippen LogP contribution < -0.4 is 0 Å². The Hall–Kier alpha value is -2.64. The Morgan fingerprint density at radius 1 is 1.00 bits per heavy atom. The van der Waals surface area contributed by atoms with E-state index in [0.717, 1.165) is 16.8 Å². The molecule has 2 aromatic rings. The molecule has 1 aliphatic rings. The van der Waals surface area contributed by atoms with Crippen LogP contribution in [0.15, 0.2) is 58.5 Å². The van der Waals surface area contributed by atoms with E-state index in [-0.39, 0.29) is 21.7 Å².